The Morgan fingerprint density at radius 3 is 2.42 bits per heavy atom. The summed E-state index contributed by atoms with van der Waals surface area (Å²) in [5.74, 6) is 0.853. The van der Waals surface area contributed by atoms with Gasteiger partial charge in [0.1, 0.15) is 6.23 Å². The van der Waals surface area contributed by atoms with Crippen molar-refractivity contribution in [3.63, 3.8) is 0 Å². The molecule has 0 aromatic heterocycles. The molecule has 0 heterocycles. The van der Waals surface area contributed by atoms with Crippen molar-refractivity contribution in [2.45, 2.75) is 52.3 Å². The van der Waals surface area contributed by atoms with Gasteiger partial charge in [0.2, 0.25) is 0 Å². The number of nitrogens with zero attached hydrogens (tertiary/aromatic N) is 1. The standard InChI is InChI=1S/C10H21NO/c1-4-8-7-9(8)11(6-3)10(12)5-2/h8-10,12H,4-7H2,1-3H3. The Hall–Kier alpha value is -0.0800. The molecule has 0 aromatic carbocycles. The minimum atomic E-state index is -0.212. The van der Waals surface area contributed by atoms with Gasteiger partial charge in [-0.05, 0) is 25.3 Å². The van der Waals surface area contributed by atoms with E-state index in [-0.39, 0.29) is 6.23 Å². The summed E-state index contributed by atoms with van der Waals surface area (Å²) in [5, 5.41) is 9.67. The third-order valence-electron chi connectivity index (χ3n) is 2.95. The summed E-state index contributed by atoms with van der Waals surface area (Å²) in [5.41, 5.74) is 0. The van der Waals surface area contributed by atoms with Crippen molar-refractivity contribution in [2.75, 3.05) is 6.54 Å². The number of aliphatic hydroxyl groups excluding tert-OH is 1. The fourth-order valence-electron chi connectivity index (χ4n) is 1.98. The first kappa shape index (κ1) is 10.0. The smallest absolute Gasteiger partial charge is 0.107 e. The maximum absolute atomic E-state index is 9.67. The van der Waals surface area contributed by atoms with Gasteiger partial charge in [-0.2, -0.15) is 0 Å². The van der Waals surface area contributed by atoms with E-state index in [0.717, 1.165) is 18.9 Å². The molecule has 3 unspecified atom stereocenters. The summed E-state index contributed by atoms with van der Waals surface area (Å²) in [6.45, 7) is 7.38. The minimum Gasteiger partial charge on any atom is -0.378 e. The zero-order chi connectivity index (χ0) is 9.14. The second-order valence-electron chi connectivity index (χ2n) is 3.69. The maximum Gasteiger partial charge on any atom is 0.107 e. The van der Waals surface area contributed by atoms with Gasteiger partial charge < -0.3 is 5.11 Å². The van der Waals surface area contributed by atoms with E-state index >= 15 is 0 Å². The average molecular weight is 171 g/mol. The largest absolute Gasteiger partial charge is 0.378 e. The van der Waals surface area contributed by atoms with E-state index in [1.54, 1.807) is 0 Å². The fourth-order valence-corrected chi connectivity index (χ4v) is 1.98. The Morgan fingerprint density at radius 1 is 1.42 bits per heavy atom. The van der Waals surface area contributed by atoms with Crippen LogP contribution in [0.15, 0.2) is 0 Å². The Labute approximate surface area is 75.6 Å². The quantitative estimate of drug-likeness (QED) is 0.638. The zero-order valence-corrected chi connectivity index (χ0v) is 8.45. The van der Waals surface area contributed by atoms with Crippen LogP contribution in [-0.4, -0.2) is 28.8 Å². The number of rotatable bonds is 5. The van der Waals surface area contributed by atoms with E-state index in [1.165, 1.54) is 12.8 Å². The maximum atomic E-state index is 9.67. The van der Waals surface area contributed by atoms with Gasteiger partial charge >= 0.3 is 0 Å². The summed E-state index contributed by atoms with van der Waals surface area (Å²) in [6, 6.07) is 0.676. The molecule has 2 nitrogen and oxygen atoms in total. The monoisotopic (exact) mass is 171 g/mol. The molecule has 0 aliphatic heterocycles. The van der Waals surface area contributed by atoms with Crippen LogP contribution in [0.2, 0.25) is 0 Å². The van der Waals surface area contributed by atoms with Crippen LogP contribution < -0.4 is 0 Å². The lowest BCUT2D eigenvalue weighted by molar-refractivity contribution is -0.00446. The lowest BCUT2D eigenvalue weighted by Gasteiger charge is -2.25. The van der Waals surface area contributed by atoms with Crippen molar-refractivity contribution in [3.8, 4) is 0 Å². The molecule has 3 atom stereocenters. The van der Waals surface area contributed by atoms with Crippen LogP contribution in [0.3, 0.4) is 0 Å². The van der Waals surface area contributed by atoms with Crippen molar-refractivity contribution >= 4 is 0 Å². The lowest BCUT2D eigenvalue weighted by atomic mass is 10.3. The van der Waals surface area contributed by atoms with Gasteiger partial charge in [-0.15, -0.1) is 0 Å². The van der Waals surface area contributed by atoms with Gasteiger partial charge in [0.15, 0.2) is 0 Å². The predicted molar refractivity (Wildman–Crippen MR) is 50.9 cm³/mol. The van der Waals surface area contributed by atoms with Crippen LogP contribution >= 0.6 is 0 Å². The molecule has 1 fully saturated rings. The van der Waals surface area contributed by atoms with Gasteiger partial charge in [-0.25, -0.2) is 0 Å². The molecule has 2 heteroatoms. The Kier molecular flexibility index (Phi) is 3.53. The first-order chi connectivity index (χ1) is 5.74. The van der Waals surface area contributed by atoms with Crippen molar-refractivity contribution in [2.24, 2.45) is 5.92 Å². The summed E-state index contributed by atoms with van der Waals surface area (Å²) in [6.07, 6.45) is 3.19. The molecular weight excluding hydrogens is 150 g/mol. The molecule has 72 valence electrons. The van der Waals surface area contributed by atoms with Crippen LogP contribution in [0.25, 0.3) is 0 Å². The van der Waals surface area contributed by atoms with Crippen LogP contribution in [0, 0.1) is 5.92 Å². The number of aliphatic hydroxyl groups is 1. The normalized spacial score (nSPS) is 30.8. The van der Waals surface area contributed by atoms with Gasteiger partial charge in [-0.3, -0.25) is 4.90 Å². The molecule has 12 heavy (non-hydrogen) atoms. The second-order valence-corrected chi connectivity index (χ2v) is 3.69. The van der Waals surface area contributed by atoms with Crippen LogP contribution in [-0.2, 0) is 0 Å². The molecular formula is C10H21NO. The summed E-state index contributed by atoms with van der Waals surface area (Å²) < 4.78 is 0. The van der Waals surface area contributed by atoms with Gasteiger partial charge in [0, 0.05) is 6.04 Å². The molecule has 0 bridgehead atoms. The molecule has 0 saturated heterocycles. The van der Waals surface area contributed by atoms with Crippen molar-refractivity contribution < 1.29 is 5.11 Å². The van der Waals surface area contributed by atoms with Crippen LogP contribution in [0.5, 0.6) is 0 Å². The topological polar surface area (TPSA) is 23.5 Å². The highest BCUT2D eigenvalue weighted by Gasteiger charge is 2.41. The molecule has 1 rings (SSSR count). The molecule has 1 aliphatic rings. The van der Waals surface area contributed by atoms with Crippen LogP contribution in [0.1, 0.15) is 40.0 Å². The van der Waals surface area contributed by atoms with Crippen LogP contribution in [0.4, 0.5) is 0 Å². The third kappa shape index (κ3) is 1.99. The third-order valence-corrected chi connectivity index (χ3v) is 2.95. The fraction of sp³-hybridized carbons (Fsp3) is 1.00. The Balaban J connectivity index is 2.36. The molecule has 0 amide bonds. The number of hydrogen-bond donors (Lipinski definition) is 1. The molecule has 0 aromatic rings. The predicted octanol–water partition coefficient (Wildman–Crippen LogP) is 1.84. The first-order valence-corrected chi connectivity index (χ1v) is 5.18. The molecule has 1 aliphatic carbocycles. The van der Waals surface area contributed by atoms with Crippen molar-refractivity contribution in [1.29, 1.82) is 0 Å². The summed E-state index contributed by atoms with van der Waals surface area (Å²) in [4.78, 5) is 2.23. The van der Waals surface area contributed by atoms with E-state index in [0.29, 0.717) is 6.04 Å². The minimum absolute atomic E-state index is 0.212. The molecule has 0 spiro atoms. The lowest BCUT2D eigenvalue weighted by Crippen LogP contribution is -2.37. The second kappa shape index (κ2) is 4.24. The van der Waals surface area contributed by atoms with E-state index in [9.17, 15) is 5.11 Å². The van der Waals surface area contributed by atoms with E-state index in [2.05, 4.69) is 18.7 Å². The highest BCUT2D eigenvalue weighted by molar-refractivity contribution is 4.94. The Morgan fingerprint density at radius 2 is 2.08 bits per heavy atom. The first-order valence-electron chi connectivity index (χ1n) is 5.18. The highest BCUT2D eigenvalue weighted by Crippen LogP contribution is 2.39. The average Bonchev–Trinajstić information content (AvgIpc) is 2.85. The van der Waals surface area contributed by atoms with Gasteiger partial charge in [-0.1, -0.05) is 27.2 Å². The molecule has 1 N–H and O–H groups in total. The van der Waals surface area contributed by atoms with Gasteiger partial charge in [0.05, 0.1) is 0 Å². The molecule has 1 saturated carbocycles. The van der Waals surface area contributed by atoms with Crippen molar-refractivity contribution in [3.05, 3.63) is 0 Å². The van der Waals surface area contributed by atoms with Gasteiger partial charge in [0.25, 0.3) is 0 Å². The zero-order valence-electron chi connectivity index (χ0n) is 8.45. The Bertz CT molecular complexity index is 138. The van der Waals surface area contributed by atoms with E-state index < -0.39 is 0 Å². The summed E-state index contributed by atoms with van der Waals surface area (Å²) >= 11 is 0. The summed E-state index contributed by atoms with van der Waals surface area (Å²) in [7, 11) is 0. The van der Waals surface area contributed by atoms with E-state index in [4.69, 9.17) is 0 Å². The number of hydrogen-bond acceptors (Lipinski definition) is 2. The molecule has 0 radical (unpaired) electrons. The van der Waals surface area contributed by atoms with E-state index in [1.807, 2.05) is 6.92 Å². The SMILES string of the molecule is CCC1CC1N(CC)C(O)CC. The highest BCUT2D eigenvalue weighted by atomic mass is 16.3. The van der Waals surface area contributed by atoms with Crippen molar-refractivity contribution in [1.82, 2.24) is 4.90 Å².